The molecule has 4 nitrogen and oxygen atoms in total. The summed E-state index contributed by atoms with van der Waals surface area (Å²) in [6.07, 6.45) is 0. The molecule has 0 N–H and O–H groups in total. The molecule has 0 spiro atoms. The molecule has 1 aromatic carbocycles. The van der Waals surface area contributed by atoms with E-state index in [2.05, 4.69) is 42.1 Å². The third kappa shape index (κ3) is 3.04. The van der Waals surface area contributed by atoms with Crippen molar-refractivity contribution in [3.05, 3.63) is 34.3 Å². The Bertz CT molecular complexity index is 554. The largest absolute Gasteiger partial charge is 0.383 e. The number of rotatable bonds is 5. The molecule has 1 aromatic heterocycles. The first-order valence-electron chi connectivity index (χ1n) is 5.60. The zero-order valence-electron chi connectivity index (χ0n) is 10.2. The molecule has 0 saturated heterocycles. The molecule has 0 unspecified atom stereocenters. The predicted molar refractivity (Wildman–Crippen MR) is 77.6 cm³/mol. The van der Waals surface area contributed by atoms with Crippen molar-refractivity contribution in [2.24, 2.45) is 0 Å². The Morgan fingerprint density at radius 3 is 2.79 bits per heavy atom. The van der Waals surface area contributed by atoms with E-state index >= 15 is 0 Å². The van der Waals surface area contributed by atoms with Crippen molar-refractivity contribution in [1.82, 2.24) is 14.8 Å². The van der Waals surface area contributed by atoms with Crippen molar-refractivity contribution in [1.29, 1.82) is 0 Å². The summed E-state index contributed by atoms with van der Waals surface area (Å²) >= 11 is 6.71. The molecule has 7 heteroatoms. The standard InChI is InChI=1S/C12H12Br2FN3O/c1-19-6-5-18-10(7-13)16-17-12(18)11-8(14)3-2-4-9(11)15/h2-4H,5-7H2,1H3. The minimum atomic E-state index is -0.332. The lowest BCUT2D eigenvalue weighted by molar-refractivity contribution is 0.187. The lowest BCUT2D eigenvalue weighted by Gasteiger charge is -2.10. The van der Waals surface area contributed by atoms with E-state index in [0.717, 1.165) is 5.82 Å². The number of hydrogen-bond donors (Lipinski definition) is 0. The number of aromatic nitrogens is 3. The molecule has 0 amide bonds. The quantitative estimate of drug-likeness (QED) is 0.732. The summed E-state index contributed by atoms with van der Waals surface area (Å²) < 4.78 is 21.6. The maximum atomic E-state index is 14.0. The van der Waals surface area contributed by atoms with Crippen molar-refractivity contribution in [2.45, 2.75) is 11.9 Å². The van der Waals surface area contributed by atoms with Crippen LogP contribution in [0.1, 0.15) is 5.82 Å². The van der Waals surface area contributed by atoms with Crippen LogP contribution in [-0.4, -0.2) is 28.5 Å². The fraction of sp³-hybridized carbons (Fsp3) is 0.333. The Kier molecular flexibility index (Phi) is 5.06. The molecule has 0 saturated carbocycles. The molecule has 2 rings (SSSR count). The van der Waals surface area contributed by atoms with E-state index in [1.54, 1.807) is 19.2 Å². The van der Waals surface area contributed by atoms with Crippen LogP contribution in [0.3, 0.4) is 0 Å². The van der Waals surface area contributed by atoms with Crippen molar-refractivity contribution in [3.8, 4) is 11.4 Å². The van der Waals surface area contributed by atoms with Gasteiger partial charge < -0.3 is 9.30 Å². The summed E-state index contributed by atoms with van der Waals surface area (Å²) in [4.78, 5) is 0. The summed E-state index contributed by atoms with van der Waals surface area (Å²) in [7, 11) is 1.62. The maximum Gasteiger partial charge on any atom is 0.168 e. The molecule has 0 aliphatic heterocycles. The summed E-state index contributed by atoms with van der Waals surface area (Å²) in [5, 5.41) is 8.71. The van der Waals surface area contributed by atoms with Crippen LogP contribution in [0.4, 0.5) is 4.39 Å². The van der Waals surface area contributed by atoms with Crippen molar-refractivity contribution >= 4 is 31.9 Å². The first-order chi connectivity index (χ1) is 9.19. The number of alkyl halides is 1. The number of nitrogens with zero attached hydrogens (tertiary/aromatic N) is 3. The van der Waals surface area contributed by atoms with Crippen LogP contribution in [0.2, 0.25) is 0 Å². The molecular weight excluding hydrogens is 381 g/mol. The average molecular weight is 393 g/mol. The Hall–Kier alpha value is -0.790. The first-order valence-corrected chi connectivity index (χ1v) is 7.51. The highest BCUT2D eigenvalue weighted by Gasteiger charge is 2.18. The Labute approximate surface area is 127 Å². The topological polar surface area (TPSA) is 39.9 Å². The van der Waals surface area contributed by atoms with E-state index in [1.165, 1.54) is 6.07 Å². The van der Waals surface area contributed by atoms with Gasteiger partial charge in [-0.1, -0.05) is 22.0 Å². The molecule has 0 atom stereocenters. The fourth-order valence-corrected chi connectivity index (χ4v) is 2.68. The molecule has 102 valence electrons. The monoisotopic (exact) mass is 391 g/mol. The highest BCUT2D eigenvalue weighted by molar-refractivity contribution is 9.10. The Morgan fingerprint density at radius 1 is 1.37 bits per heavy atom. The van der Waals surface area contributed by atoms with Gasteiger partial charge in [-0.25, -0.2) is 4.39 Å². The lowest BCUT2D eigenvalue weighted by atomic mass is 10.2. The second kappa shape index (κ2) is 6.58. The predicted octanol–water partition coefficient (Wildman–Crippen LogP) is 3.39. The van der Waals surface area contributed by atoms with Crippen LogP contribution < -0.4 is 0 Å². The third-order valence-corrected chi connectivity index (χ3v) is 3.81. The van der Waals surface area contributed by atoms with Crippen LogP contribution >= 0.6 is 31.9 Å². The van der Waals surface area contributed by atoms with Crippen LogP contribution in [0.15, 0.2) is 22.7 Å². The number of halogens is 3. The van der Waals surface area contributed by atoms with Gasteiger partial charge in [0.2, 0.25) is 0 Å². The molecule has 1 heterocycles. The van der Waals surface area contributed by atoms with Gasteiger partial charge in [0.05, 0.1) is 17.5 Å². The van der Waals surface area contributed by atoms with Gasteiger partial charge in [0.25, 0.3) is 0 Å². The molecule has 0 bridgehead atoms. The van der Waals surface area contributed by atoms with Gasteiger partial charge in [-0.3, -0.25) is 0 Å². The molecule has 0 radical (unpaired) electrons. The second-order valence-electron chi connectivity index (χ2n) is 3.81. The zero-order valence-corrected chi connectivity index (χ0v) is 13.4. The van der Waals surface area contributed by atoms with Crippen LogP contribution in [0.25, 0.3) is 11.4 Å². The third-order valence-electron chi connectivity index (χ3n) is 2.65. The summed E-state index contributed by atoms with van der Waals surface area (Å²) in [5.74, 6) is 0.903. The maximum absolute atomic E-state index is 14.0. The minimum absolute atomic E-state index is 0.332. The number of ether oxygens (including phenoxy) is 1. The van der Waals surface area contributed by atoms with Gasteiger partial charge in [0, 0.05) is 18.1 Å². The Balaban J connectivity index is 2.52. The van der Waals surface area contributed by atoms with E-state index in [9.17, 15) is 4.39 Å². The number of benzene rings is 1. The van der Waals surface area contributed by atoms with E-state index in [0.29, 0.717) is 34.3 Å². The van der Waals surface area contributed by atoms with E-state index in [1.807, 2.05) is 4.57 Å². The second-order valence-corrected chi connectivity index (χ2v) is 5.23. The number of hydrogen-bond acceptors (Lipinski definition) is 3. The normalized spacial score (nSPS) is 10.9. The minimum Gasteiger partial charge on any atom is -0.383 e. The summed E-state index contributed by atoms with van der Waals surface area (Å²) in [5.41, 5.74) is 0.415. The van der Waals surface area contributed by atoms with E-state index < -0.39 is 0 Å². The average Bonchev–Trinajstić information content (AvgIpc) is 2.79. The Morgan fingerprint density at radius 2 is 2.16 bits per heavy atom. The van der Waals surface area contributed by atoms with Crippen LogP contribution in [-0.2, 0) is 16.6 Å². The van der Waals surface area contributed by atoms with Gasteiger partial charge in [0.15, 0.2) is 5.82 Å². The smallest absolute Gasteiger partial charge is 0.168 e. The molecular formula is C12H12Br2FN3O. The van der Waals surface area contributed by atoms with Crippen LogP contribution in [0.5, 0.6) is 0 Å². The number of methoxy groups -OCH3 is 1. The zero-order chi connectivity index (χ0) is 13.8. The van der Waals surface area contributed by atoms with Gasteiger partial charge in [-0.15, -0.1) is 10.2 Å². The lowest BCUT2D eigenvalue weighted by Crippen LogP contribution is -2.09. The fourth-order valence-electron chi connectivity index (χ4n) is 1.75. The van der Waals surface area contributed by atoms with Gasteiger partial charge in [-0.05, 0) is 28.1 Å². The molecule has 0 aliphatic rings. The first kappa shape index (κ1) is 14.6. The van der Waals surface area contributed by atoms with Gasteiger partial charge in [-0.2, -0.15) is 0 Å². The van der Waals surface area contributed by atoms with Gasteiger partial charge >= 0.3 is 0 Å². The summed E-state index contributed by atoms with van der Waals surface area (Å²) in [6.45, 7) is 1.08. The highest BCUT2D eigenvalue weighted by atomic mass is 79.9. The van der Waals surface area contributed by atoms with Crippen molar-refractivity contribution in [2.75, 3.05) is 13.7 Å². The SMILES string of the molecule is COCCn1c(CBr)nnc1-c1c(F)cccc1Br. The molecule has 19 heavy (non-hydrogen) atoms. The highest BCUT2D eigenvalue weighted by Crippen LogP contribution is 2.30. The van der Waals surface area contributed by atoms with E-state index in [-0.39, 0.29) is 5.82 Å². The van der Waals surface area contributed by atoms with E-state index in [4.69, 9.17) is 4.74 Å². The van der Waals surface area contributed by atoms with Gasteiger partial charge in [0.1, 0.15) is 11.6 Å². The molecule has 2 aromatic rings. The summed E-state index contributed by atoms with van der Waals surface area (Å²) in [6, 6.07) is 4.83. The van der Waals surface area contributed by atoms with Crippen molar-refractivity contribution in [3.63, 3.8) is 0 Å². The molecule has 0 aliphatic carbocycles. The van der Waals surface area contributed by atoms with Crippen LogP contribution in [0, 0.1) is 5.82 Å². The molecule has 0 fully saturated rings. The van der Waals surface area contributed by atoms with Crippen molar-refractivity contribution < 1.29 is 9.13 Å².